The summed E-state index contributed by atoms with van der Waals surface area (Å²) in [4.78, 5) is 31.3. The van der Waals surface area contributed by atoms with Crippen LogP contribution in [-0.2, 0) is 11.3 Å². The number of aldehydes is 1. The van der Waals surface area contributed by atoms with Crippen molar-refractivity contribution in [2.45, 2.75) is 13.5 Å². The van der Waals surface area contributed by atoms with Crippen molar-refractivity contribution in [3.8, 4) is 0 Å². The average molecular weight is 429 g/mol. The third kappa shape index (κ3) is 5.99. The minimum atomic E-state index is -0.444. The molecule has 0 aliphatic heterocycles. The minimum Gasteiger partial charge on any atom is -0.398 e. The number of amides is 2. The number of carbonyl (C=O) groups is 2. The summed E-state index contributed by atoms with van der Waals surface area (Å²) in [5.74, 6) is 0.310. The first-order chi connectivity index (χ1) is 15.5. The Morgan fingerprint density at radius 3 is 2.78 bits per heavy atom. The third-order valence-electron chi connectivity index (χ3n) is 4.47. The second-order valence-electron chi connectivity index (χ2n) is 6.88. The lowest BCUT2D eigenvalue weighted by molar-refractivity contribution is -0.104. The first kappa shape index (κ1) is 22.2. The first-order valence-electron chi connectivity index (χ1n) is 9.74. The van der Waals surface area contributed by atoms with Crippen LogP contribution in [0, 0.1) is 12.3 Å². The Morgan fingerprint density at radius 2 is 2.03 bits per heavy atom. The summed E-state index contributed by atoms with van der Waals surface area (Å²) in [5, 5.41) is 16.3. The average Bonchev–Trinajstić information content (AvgIpc) is 2.79. The predicted molar refractivity (Wildman–Crippen MR) is 125 cm³/mol. The van der Waals surface area contributed by atoms with Gasteiger partial charge in [-0.05, 0) is 42.3 Å². The van der Waals surface area contributed by atoms with E-state index in [1.807, 2.05) is 25.1 Å². The lowest BCUT2D eigenvalue weighted by Gasteiger charge is -2.12. The molecular weight excluding hydrogens is 406 g/mol. The molecule has 2 aromatic heterocycles. The van der Waals surface area contributed by atoms with Gasteiger partial charge in [-0.1, -0.05) is 18.2 Å². The van der Waals surface area contributed by atoms with Crippen LogP contribution in [0.15, 0.2) is 60.9 Å². The molecule has 9 heteroatoms. The van der Waals surface area contributed by atoms with Gasteiger partial charge in [0.05, 0.1) is 11.9 Å². The molecule has 2 amide bonds. The maximum absolute atomic E-state index is 12.3. The van der Waals surface area contributed by atoms with Crippen LogP contribution >= 0.6 is 0 Å². The molecule has 0 spiro atoms. The zero-order valence-electron chi connectivity index (χ0n) is 17.4. The fourth-order valence-electron chi connectivity index (χ4n) is 2.92. The number of pyridine rings is 2. The van der Waals surface area contributed by atoms with Crippen molar-refractivity contribution in [1.29, 1.82) is 5.41 Å². The monoisotopic (exact) mass is 429 g/mol. The molecule has 0 saturated carbocycles. The van der Waals surface area contributed by atoms with Gasteiger partial charge in [0.1, 0.15) is 12.1 Å². The van der Waals surface area contributed by atoms with Crippen LogP contribution < -0.4 is 21.7 Å². The van der Waals surface area contributed by atoms with Gasteiger partial charge < -0.3 is 21.8 Å². The van der Waals surface area contributed by atoms with Gasteiger partial charge in [0.2, 0.25) is 0 Å². The van der Waals surface area contributed by atoms with E-state index in [9.17, 15) is 9.59 Å². The molecule has 0 radical (unpaired) electrons. The van der Waals surface area contributed by atoms with E-state index in [2.05, 4.69) is 25.9 Å². The number of rotatable bonds is 8. The number of nitrogens with zero attached hydrogens (tertiary/aromatic N) is 2. The number of carbonyl (C=O) groups excluding carboxylic acids is 2. The standard InChI is InChI=1S/C23H23N7O2/c1-15-9-19(5-7-26-15)29-21-14-27-22(11-18(21)12-24)30-23(32)28-13-16-3-2-4-17(10-16)20(25)6-8-31/h2-12,14,24H,13,25H2,1H3,(H,26,29)(H2,27,28,30,32). The highest BCUT2D eigenvalue weighted by Crippen LogP contribution is 2.21. The molecule has 0 saturated heterocycles. The van der Waals surface area contributed by atoms with Crippen LogP contribution in [-0.4, -0.2) is 28.5 Å². The summed E-state index contributed by atoms with van der Waals surface area (Å²) in [7, 11) is 0. The third-order valence-corrected chi connectivity index (χ3v) is 4.47. The molecule has 0 unspecified atom stereocenters. The summed E-state index contributed by atoms with van der Waals surface area (Å²) in [6.45, 7) is 2.15. The lowest BCUT2D eigenvalue weighted by atomic mass is 10.1. The Kier molecular flexibility index (Phi) is 7.26. The smallest absolute Gasteiger partial charge is 0.320 e. The summed E-state index contributed by atoms with van der Waals surface area (Å²) in [6, 6.07) is 12.1. The molecule has 2 heterocycles. The molecule has 0 aliphatic carbocycles. The molecule has 3 aromatic rings. The van der Waals surface area contributed by atoms with E-state index in [1.165, 1.54) is 12.3 Å². The summed E-state index contributed by atoms with van der Waals surface area (Å²) < 4.78 is 0. The molecule has 9 nitrogen and oxygen atoms in total. The number of hydrogen-bond acceptors (Lipinski definition) is 7. The number of aryl methyl sites for hydroxylation is 1. The molecule has 32 heavy (non-hydrogen) atoms. The minimum absolute atomic E-state index is 0.256. The van der Waals surface area contributed by atoms with Gasteiger partial charge in [-0.25, -0.2) is 9.78 Å². The largest absolute Gasteiger partial charge is 0.398 e. The highest BCUT2D eigenvalue weighted by Gasteiger charge is 2.08. The van der Waals surface area contributed by atoms with Crippen LogP contribution in [0.3, 0.4) is 0 Å². The SMILES string of the molecule is Cc1cc(Nc2cnc(NC(=O)NCc3cccc(C(N)=CC=O)c3)cc2C=N)ccn1. The van der Waals surface area contributed by atoms with E-state index in [1.54, 1.807) is 36.7 Å². The number of allylic oxidation sites excluding steroid dienone is 1. The highest BCUT2D eigenvalue weighted by atomic mass is 16.2. The summed E-state index contributed by atoms with van der Waals surface area (Å²) in [5.41, 5.74) is 10.6. The number of hydrogen-bond donors (Lipinski definition) is 5. The van der Waals surface area contributed by atoms with E-state index < -0.39 is 6.03 Å². The van der Waals surface area contributed by atoms with Crippen molar-refractivity contribution in [1.82, 2.24) is 15.3 Å². The van der Waals surface area contributed by atoms with E-state index in [-0.39, 0.29) is 6.54 Å². The molecule has 0 bridgehead atoms. The Hall–Kier alpha value is -4.53. The van der Waals surface area contributed by atoms with E-state index in [4.69, 9.17) is 11.1 Å². The van der Waals surface area contributed by atoms with Crippen LogP contribution in [0.4, 0.5) is 22.0 Å². The van der Waals surface area contributed by atoms with Gasteiger partial charge in [0, 0.05) is 47.7 Å². The first-order valence-corrected chi connectivity index (χ1v) is 9.74. The highest BCUT2D eigenvalue weighted by molar-refractivity contribution is 5.92. The molecule has 0 fully saturated rings. The Morgan fingerprint density at radius 1 is 1.19 bits per heavy atom. The zero-order chi connectivity index (χ0) is 22.9. The fraction of sp³-hybridized carbons (Fsp3) is 0.0870. The summed E-state index contributed by atoms with van der Waals surface area (Å²) >= 11 is 0. The van der Waals surface area contributed by atoms with E-state index >= 15 is 0 Å². The molecular formula is C23H23N7O2. The predicted octanol–water partition coefficient (Wildman–Crippen LogP) is 3.35. The molecule has 6 N–H and O–H groups in total. The van der Waals surface area contributed by atoms with Crippen molar-refractivity contribution in [2.75, 3.05) is 10.6 Å². The second kappa shape index (κ2) is 10.5. The van der Waals surface area contributed by atoms with Gasteiger partial charge in [-0.2, -0.15) is 0 Å². The van der Waals surface area contributed by atoms with Crippen LogP contribution in [0.5, 0.6) is 0 Å². The topological polar surface area (TPSA) is 146 Å². The number of nitrogens with one attached hydrogen (secondary N) is 4. The van der Waals surface area contributed by atoms with E-state index in [0.29, 0.717) is 34.6 Å². The number of urea groups is 1. The van der Waals surface area contributed by atoms with Crippen LogP contribution in [0.25, 0.3) is 5.70 Å². The van der Waals surface area contributed by atoms with Gasteiger partial charge in [0.15, 0.2) is 0 Å². The van der Waals surface area contributed by atoms with Crippen molar-refractivity contribution in [3.63, 3.8) is 0 Å². The van der Waals surface area contributed by atoms with Crippen molar-refractivity contribution in [2.24, 2.45) is 5.73 Å². The number of anilines is 3. The lowest BCUT2D eigenvalue weighted by Crippen LogP contribution is -2.28. The Balaban J connectivity index is 1.63. The summed E-state index contributed by atoms with van der Waals surface area (Å²) in [6.07, 6.45) is 6.33. The quantitative estimate of drug-likeness (QED) is 0.211. The molecule has 3 rings (SSSR count). The fourth-order valence-corrected chi connectivity index (χ4v) is 2.92. The van der Waals surface area contributed by atoms with Gasteiger partial charge >= 0.3 is 6.03 Å². The molecule has 0 aliphatic rings. The Bertz CT molecular complexity index is 1170. The number of nitrogens with two attached hydrogens (primary N) is 1. The van der Waals surface area contributed by atoms with E-state index in [0.717, 1.165) is 16.9 Å². The van der Waals surface area contributed by atoms with Gasteiger partial charge in [-0.3, -0.25) is 15.1 Å². The number of benzene rings is 1. The molecule has 0 atom stereocenters. The van der Waals surface area contributed by atoms with Crippen molar-refractivity contribution >= 4 is 41.4 Å². The van der Waals surface area contributed by atoms with Crippen molar-refractivity contribution in [3.05, 3.63) is 83.3 Å². The van der Waals surface area contributed by atoms with Gasteiger partial charge in [-0.15, -0.1) is 0 Å². The second-order valence-corrected chi connectivity index (χ2v) is 6.88. The zero-order valence-corrected chi connectivity index (χ0v) is 17.4. The molecule has 1 aromatic carbocycles. The Labute approximate surface area is 185 Å². The van der Waals surface area contributed by atoms with Crippen LogP contribution in [0.1, 0.15) is 22.4 Å². The maximum atomic E-state index is 12.3. The number of aromatic nitrogens is 2. The van der Waals surface area contributed by atoms with Crippen molar-refractivity contribution < 1.29 is 9.59 Å². The maximum Gasteiger partial charge on any atom is 0.320 e. The molecule has 162 valence electrons. The normalized spacial score (nSPS) is 10.8. The van der Waals surface area contributed by atoms with Gasteiger partial charge in [0.25, 0.3) is 0 Å². The van der Waals surface area contributed by atoms with Crippen LogP contribution in [0.2, 0.25) is 0 Å².